The normalized spacial score (nSPS) is 30.9. The molecule has 0 aromatic rings. The van der Waals surface area contributed by atoms with Crippen molar-refractivity contribution in [3.63, 3.8) is 0 Å². The van der Waals surface area contributed by atoms with Crippen LogP contribution in [-0.2, 0) is 4.79 Å². The van der Waals surface area contributed by atoms with Crippen molar-refractivity contribution in [2.24, 2.45) is 11.8 Å². The summed E-state index contributed by atoms with van der Waals surface area (Å²) in [5.74, 6) is 1.45. The number of amides is 1. The van der Waals surface area contributed by atoms with Gasteiger partial charge in [-0.1, -0.05) is 27.2 Å². The van der Waals surface area contributed by atoms with E-state index in [1.165, 1.54) is 12.8 Å². The molecule has 1 saturated carbocycles. The third-order valence-corrected chi connectivity index (χ3v) is 4.98. The molecule has 1 saturated heterocycles. The number of hydrogen-bond acceptors (Lipinski definition) is 2. The van der Waals surface area contributed by atoms with Gasteiger partial charge in [0.1, 0.15) is 0 Å². The van der Waals surface area contributed by atoms with Crippen LogP contribution in [0.1, 0.15) is 60.3 Å². The van der Waals surface area contributed by atoms with Crippen LogP contribution in [0.2, 0.25) is 0 Å². The molecule has 0 aromatic heterocycles. The maximum Gasteiger partial charge on any atom is 0.241 e. The molecule has 3 unspecified atom stereocenters. The van der Waals surface area contributed by atoms with Crippen molar-refractivity contribution in [1.29, 1.82) is 0 Å². The predicted molar refractivity (Wildman–Crippen MR) is 74.1 cm³/mol. The number of nitrogens with zero attached hydrogens (tertiary/aromatic N) is 1. The number of carbonyl (C=O) groups excluding carboxylic acids is 1. The molecule has 3 nitrogen and oxygen atoms in total. The fraction of sp³-hybridized carbons (Fsp3) is 0.933. The van der Waals surface area contributed by atoms with E-state index in [0.29, 0.717) is 17.7 Å². The lowest BCUT2D eigenvalue weighted by molar-refractivity contribution is -0.136. The number of carbonyl (C=O) groups is 1. The Morgan fingerprint density at radius 1 is 1.39 bits per heavy atom. The van der Waals surface area contributed by atoms with E-state index in [-0.39, 0.29) is 17.7 Å². The Balaban J connectivity index is 2.20. The lowest BCUT2D eigenvalue weighted by atomic mass is 9.93. The average molecular weight is 252 g/mol. The molecular formula is C15H28N2O. The van der Waals surface area contributed by atoms with Crippen LogP contribution in [0.25, 0.3) is 0 Å². The first-order chi connectivity index (χ1) is 8.43. The number of rotatable bonds is 5. The third kappa shape index (κ3) is 2.18. The minimum atomic E-state index is 0.0208. The molecule has 3 atom stereocenters. The van der Waals surface area contributed by atoms with Gasteiger partial charge in [-0.15, -0.1) is 0 Å². The summed E-state index contributed by atoms with van der Waals surface area (Å²) < 4.78 is 0. The van der Waals surface area contributed by atoms with Crippen molar-refractivity contribution in [3.8, 4) is 0 Å². The molecule has 1 amide bonds. The minimum Gasteiger partial charge on any atom is -0.320 e. The molecule has 1 aliphatic heterocycles. The minimum absolute atomic E-state index is 0.0208. The second-order valence-corrected chi connectivity index (χ2v) is 6.59. The van der Waals surface area contributed by atoms with Gasteiger partial charge in [-0.3, -0.25) is 10.1 Å². The molecule has 18 heavy (non-hydrogen) atoms. The average Bonchev–Trinajstić information content (AvgIpc) is 3.12. The van der Waals surface area contributed by atoms with Crippen LogP contribution in [0.3, 0.4) is 0 Å². The summed E-state index contributed by atoms with van der Waals surface area (Å²) in [5.41, 5.74) is 0.0208. The number of hydrogen-bond donors (Lipinski definition) is 1. The fourth-order valence-electron chi connectivity index (χ4n) is 3.27. The van der Waals surface area contributed by atoms with E-state index in [2.05, 4.69) is 44.8 Å². The Morgan fingerprint density at radius 2 is 2.00 bits per heavy atom. The zero-order valence-corrected chi connectivity index (χ0v) is 12.5. The maximum atomic E-state index is 12.7. The third-order valence-electron chi connectivity index (χ3n) is 4.98. The van der Waals surface area contributed by atoms with Gasteiger partial charge in [0.25, 0.3) is 0 Å². The smallest absolute Gasteiger partial charge is 0.241 e. The molecule has 0 radical (unpaired) electrons. The number of nitrogens with one attached hydrogen (secondary N) is 1. The van der Waals surface area contributed by atoms with Crippen molar-refractivity contribution in [2.75, 3.05) is 0 Å². The Labute approximate surface area is 111 Å². The summed E-state index contributed by atoms with van der Waals surface area (Å²) in [6.45, 7) is 11.0. The summed E-state index contributed by atoms with van der Waals surface area (Å²) in [7, 11) is 0. The van der Waals surface area contributed by atoms with Crippen molar-refractivity contribution in [2.45, 2.75) is 78.0 Å². The molecule has 104 valence electrons. The summed E-state index contributed by atoms with van der Waals surface area (Å²) in [6.07, 6.45) is 4.83. The van der Waals surface area contributed by atoms with Crippen LogP contribution in [-0.4, -0.2) is 28.6 Å². The van der Waals surface area contributed by atoms with Gasteiger partial charge in [0.2, 0.25) is 5.91 Å². The molecule has 2 fully saturated rings. The van der Waals surface area contributed by atoms with Crippen molar-refractivity contribution < 1.29 is 4.79 Å². The SMILES string of the molecule is CCC(C)C1NC(CC)N(C(C)(C)C2CC2)C1=O. The molecule has 0 spiro atoms. The van der Waals surface area contributed by atoms with Crippen LogP contribution in [0.5, 0.6) is 0 Å². The van der Waals surface area contributed by atoms with E-state index in [1.54, 1.807) is 0 Å². The van der Waals surface area contributed by atoms with Gasteiger partial charge in [0.05, 0.1) is 12.2 Å². The van der Waals surface area contributed by atoms with Crippen LogP contribution in [0.15, 0.2) is 0 Å². The molecule has 2 aliphatic rings. The molecule has 3 heteroatoms. The van der Waals surface area contributed by atoms with E-state index in [0.717, 1.165) is 12.8 Å². The monoisotopic (exact) mass is 252 g/mol. The predicted octanol–water partition coefficient (Wildman–Crippen LogP) is 2.76. The molecule has 0 bridgehead atoms. The highest BCUT2D eigenvalue weighted by Gasteiger charge is 2.51. The maximum absolute atomic E-state index is 12.7. The molecular weight excluding hydrogens is 224 g/mol. The highest BCUT2D eigenvalue weighted by atomic mass is 16.2. The largest absolute Gasteiger partial charge is 0.320 e. The highest BCUT2D eigenvalue weighted by Crippen LogP contribution is 2.45. The van der Waals surface area contributed by atoms with Crippen molar-refractivity contribution >= 4 is 5.91 Å². The van der Waals surface area contributed by atoms with Crippen LogP contribution in [0.4, 0.5) is 0 Å². The van der Waals surface area contributed by atoms with Gasteiger partial charge < -0.3 is 4.90 Å². The standard InChI is InChI=1S/C15H28N2O/c1-6-10(3)13-14(18)17(12(7-2)16-13)15(4,5)11-8-9-11/h10-13,16H,6-9H2,1-5H3. The van der Waals surface area contributed by atoms with Crippen LogP contribution in [0, 0.1) is 11.8 Å². The van der Waals surface area contributed by atoms with Gasteiger partial charge in [-0.2, -0.15) is 0 Å². The van der Waals surface area contributed by atoms with Crippen LogP contribution < -0.4 is 5.32 Å². The lowest BCUT2D eigenvalue weighted by Crippen LogP contribution is -2.52. The van der Waals surface area contributed by atoms with Gasteiger partial charge in [-0.05, 0) is 44.9 Å². The Kier molecular flexibility index (Phi) is 3.72. The molecule has 1 aliphatic carbocycles. The first-order valence-electron chi connectivity index (χ1n) is 7.52. The highest BCUT2D eigenvalue weighted by molar-refractivity contribution is 5.85. The quantitative estimate of drug-likeness (QED) is 0.816. The Bertz CT molecular complexity index is 322. The summed E-state index contributed by atoms with van der Waals surface area (Å²) in [5, 5.41) is 3.56. The van der Waals surface area contributed by atoms with Crippen molar-refractivity contribution in [3.05, 3.63) is 0 Å². The second kappa shape index (κ2) is 4.84. The molecule has 1 heterocycles. The molecule has 0 aromatic carbocycles. The van der Waals surface area contributed by atoms with Crippen LogP contribution >= 0.6 is 0 Å². The van der Waals surface area contributed by atoms with Gasteiger partial charge >= 0.3 is 0 Å². The van der Waals surface area contributed by atoms with Gasteiger partial charge in [0, 0.05) is 5.54 Å². The topological polar surface area (TPSA) is 32.3 Å². The van der Waals surface area contributed by atoms with Crippen molar-refractivity contribution in [1.82, 2.24) is 10.2 Å². The van der Waals surface area contributed by atoms with Gasteiger partial charge in [0.15, 0.2) is 0 Å². The Hall–Kier alpha value is -0.570. The van der Waals surface area contributed by atoms with Gasteiger partial charge in [-0.25, -0.2) is 0 Å². The fourth-order valence-corrected chi connectivity index (χ4v) is 3.27. The zero-order chi connectivity index (χ0) is 13.5. The summed E-state index contributed by atoms with van der Waals surface area (Å²) in [6, 6.07) is 0.0259. The first-order valence-corrected chi connectivity index (χ1v) is 7.52. The summed E-state index contributed by atoms with van der Waals surface area (Å²) >= 11 is 0. The van der Waals surface area contributed by atoms with E-state index in [9.17, 15) is 4.79 Å². The van der Waals surface area contributed by atoms with E-state index in [1.807, 2.05) is 0 Å². The molecule has 1 N–H and O–H groups in total. The lowest BCUT2D eigenvalue weighted by Gasteiger charge is -2.39. The van der Waals surface area contributed by atoms with E-state index >= 15 is 0 Å². The second-order valence-electron chi connectivity index (χ2n) is 6.59. The zero-order valence-electron chi connectivity index (χ0n) is 12.5. The van der Waals surface area contributed by atoms with E-state index in [4.69, 9.17) is 0 Å². The summed E-state index contributed by atoms with van der Waals surface area (Å²) in [4.78, 5) is 14.9. The van der Waals surface area contributed by atoms with E-state index < -0.39 is 0 Å². The Morgan fingerprint density at radius 3 is 2.44 bits per heavy atom. The molecule has 2 rings (SSSR count). The first kappa shape index (κ1) is 13.9.